The van der Waals surface area contributed by atoms with Crippen LogP contribution in [0.1, 0.15) is 23.7 Å². The van der Waals surface area contributed by atoms with Crippen molar-refractivity contribution in [3.05, 3.63) is 53.9 Å². The standard InChI is InChI=1S/C14H17N3O/c15-13-6-7-18-14(13)12-8-16-17(10-12)9-11-4-2-1-3-5-11/h1-5,8,10,13-14H,6-7,9,15H2. The molecule has 0 saturated carbocycles. The molecule has 0 amide bonds. The van der Waals surface area contributed by atoms with E-state index in [-0.39, 0.29) is 12.1 Å². The molecule has 0 spiro atoms. The molecule has 2 unspecified atom stereocenters. The number of nitrogens with zero attached hydrogens (tertiary/aromatic N) is 2. The number of rotatable bonds is 3. The zero-order chi connectivity index (χ0) is 12.4. The van der Waals surface area contributed by atoms with Gasteiger partial charge in [-0.15, -0.1) is 0 Å². The smallest absolute Gasteiger partial charge is 0.101 e. The molecule has 1 aromatic heterocycles. The Morgan fingerprint density at radius 2 is 2.17 bits per heavy atom. The molecule has 0 bridgehead atoms. The first-order chi connectivity index (χ1) is 8.83. The van der Waals surface area contributed by atoms with Crippen molar-refractivity contribution in [1.82, 2.24) is 9.78 Å². The average molecular weight is 243 g/mol. The molecule has 0 aliphatic carbocycles. The van der Waals surface area contributed by atoms with Crippen LogP contribution in [0.4, 0.5) is 0 Å². The first-order valence-electron chi connectivity index (χ1n) is 6.26. The average Bonchev–Trinajstić information content (AvgIpc) is 2.99. The lowest BCUT2D eigenvalue weighted by Gasteiger charge is -2.11. The highest BCUT2D eigenvalue weighted by Crippen LogP contribution is 2.27. The van der Waals surface area contributed by atoms with Crippen molar-refractivity contribution in [2.45, 2.75) is 25.1 Å². The maximum atomic E-state index is 6.01. The van der Waals surface area contributed by atoms with Gasteiger partial charge in [-0.25, -0.2) is 0 Å². The molecule has 2 aromatic rings. The summed E-state index contributed by atoms with van der Waals surface area (Å²) in [6, 6.07) is 10.4. The van der Waals surface area contributed by atoms with Gasteiger partial charge in [-0.2, -0.15) is 5.10 Å². The molecular formula is C14H17N3O. The second-order valence-corrected chi connectivity index (χ2v) is 4.70. The molecule has 1 saturated heterocycles. The van der Waals surface area contributed by atoms with E-state index < -0.39 is 0 Å². The Morgan fingerprint density at radius 1 is 1.33 bits per heavy atom. The van der Waals surface area contributed by atoms with Gasteiger partial charge in [-0.05, 0) is 12.0 Å². The number of benzene rings is 1. The lowest BCUT2D eigenvalue weighted by molar-refractivity contribution is 0.105. The minimum absolute atomic E-state index is 0.00882. The fourth-order valence-electron chi connectivity index (χ4n) is 2.33. The Bertz CT molecular complexity index is 509. The zero-order valence-corrected chi connectivity index (χ0v) is 10.2. The predicted molar refractivity (Wildman–Crippen MR) is 69.1 cm³/mol. The summed E-state index contributed by atoms with van der Waals surface area (Å²) in [6.07, 6.45) is 4.82. The van der Waals surface area contributed by atoms with Gasteiger partial charge in [0.25, 0.3) is 0 Å². The topological polar surface area (TPSA) is 53.1 Å². The third-order valence-electron chi connectivity index (χ3n) is 3.31. The van der Waals surface area contributed by atoms with Gasteiger partial charge in [0.2, 0.25) is 0 Å². The van der Waals surface area contributed by atoms with Crippen molar-refractivity contribution < 1.29 is 4.74 Å². The van der Waals surface area contributed by atoms with Crippen molar-refractivity contribution in [2.24, 2.45) is 5.73 Å². The van der Waals surface area contributed by atoms with Gasteiger partial charge in [0.05, 0.1) is 12.7 Å². The molecule has 4 heteroatoms. The summed E-state index contributed by atoms with van der Waals surface area (Å²) in [7, 11) is 0. The molecule has 1 aromatic carbocycles. The molecule has 2 atom stereocenters. The van der Waals surface area contributed by atoms with Gasteiger partial charge in [0, 0.05) is 24.4 Å². The van der Waals surface area contributed by atoms with Crippen LogP contribution >= 0.6 is 0 Å². The minimum Gasteiger partial charge on any atom is -0.372 e. The van der Waals surface area contributed by atoms with Crippen LogP contribution in [0, 0.1) is 0 Å². The summed E-state index contributed by atoms with van der Waals surface area (Å²) in [5.41, 5.74) is 8.33. The number of hydrogen-bond acceptors (Lipinski definition) is 3. The normalized spacial score (nSPS) is 23.4. The number of aromatic nitrogens is 2. The van der Waals surface area contributed by atoms with E-state index in [2.05, 4.69) is 17.2 Å². The highest BCUT2D eigenvalue weighted by atomic mass is 16.5. The summed E-state index contributed by atoms with van der Waals surface area (Å²) in [6.45, 7) is 1.53. The van der Waals surface area contributed by atoms with E-state index in [0.29, 0.717) is 0 Å². The molecule has 18 heavy (non-hydrogen) atoms. The molecule has 0 radical (unpaired) electrons. The second-order valence-electron chi connectivity index (χ2n) is 4.70. The van der Waals surface area contributed by atoms with E-state index in [9.17, 15) is 0 Å². The summed E-state index contributed by atoms with van der Waals surface area (Å²) in [5.74, 6) is 0. The van der Waals surface area contributed by atoms with E-state index >= 15 is 0 Å². The molecule has 3 rings (SSSR count). The first-order valence-corrected chi connectivity index (χ1v) is 6.26. The van der Waals surface area contributed by atoms with Crippen LogP contribution in [-0.2, 0) is 11.3 Å². The Kier molecular flexibility index (Phi) is 3.13. The Morgan fingerprint density at radius 3 is 2.89 bits per heavy atom. The van der Waals surface area contributed by atoms with Crippen molar-refractivity contribution in [1.29, 1.82) is 0 Å². The molecule has 2 N–H and O–H groups in total. The Hall–Kier alpha value is -1.65. The van der Waals surface area contributed by atoms with Gasteiger partial charge in [-0.3, -0.25) is 4.68 Å². The number of hydrogen-bond donors (Lipinski definition) is 1. The highest BCUT2D eigenvalue weighted by Gasteiger charge is 2.27. The third-order valence-corrected chi connectivity index (χ3v) is 3.31. The molecule has 1 aliphatic rings. The number of ether oxygens (including phenoxy) is 1. The van der Waals surface area contributed by atoms with E-state index in [1.807, 2.05) is 35.3 Å². The van der Waals surface area contributed by atoms with Gasteiger partial charge in [0.15, 0.2) is 0 Å². The lowest BCUT2D eigenvalue weighted by atomic mass is 10.1. The zero-order valence-electron chi connectivity index (χ0n) is 10.2. The van der Waals surface area contributed by atoms with Gasteiger partial charge in [-0.1, -0.05) is 30.3 Å². The van der Waals surface area contributed by atoms with Crippen LogP contribution in [0.3, 0.4) is 0 Å². The third kappa shape index (κ3) is 2.30. The van der Waals surface area contributed by atoms with Crippen molar-refractivity contribution in [2.75, 3.05) is 6.61 Å². The Labute approximate surface area is 106 Å². The number of nitrogens with two attached hydrogens (primary N) is 1. The Balaban J connectivity index is 1.74. The molecule has 1 fully saturated rings. The van der Waals surface area contributed by atoms with Crippen molar-refractivity contribution >= 4 is 0 Å². The first kappa shape index (κ1) is 11.4. The van der Waals surface area contributed by atoms with Crippen LogP contribution in [0.25, 0.3) is 0 Å². The second kappa shape index (κ2) is 4.92. The van der Waals surface area contributed by atoms with E-state index in [1.54, 1.807) is 0 Å². The van der Waals surface area contributed by atoms with Gasteiger partial charge in [0.1, 0.15) is 6.10 Å². The van der Waals surface area contributed by atoms with Crippen LogP contribution < -0.4 is 5.73 Å². The monoisotopic (exact) mass is 243 g/mol. The van der Waals surface area contributed by atoms with Crippen molar-refractivity contribution in [3.63, 3.8) is 0 Å². The molecule has 4 nitrogen and oxygen atoms in total. The summed E-state index contributed by atoms with van der Waals surface area (Å²) >= 11 is 0. The van der Waals surface area contributed by atoms with Crippen LogP contribution in [0.15, 0.2) is 42.7 Å². The maximum Gasteiger partial charge on any atom is 0.101 e. The fourth-order valence-corrected chi connectivity index (χ4v) is 2.33. The molecular weight excluding hydrogens is 226 g/mol. The molecule has 1 aliphatic heterocycles. The highest BCUT2D eigenvalue weighted by molar-refractivity contribution is 5.17. The van der Waals surface area contributed by atoms with E-state index in [4.69, 9.17) is 10.5 Å². The minimum atomic E-state index is 0.00882. The van der Waals surface area contributed by atoms with Crippen molar-refractivity contribution in [3.8, 4) is 0 Å². The maximum absolute atomic E-state index is 6.01. The van der Waals surface area contributed by atoms with E-state index in [1.165, 1.54) is 5.56 Å². The van der Waals surface area contributed by atoms with Gasteiger partial charge < -0.3 is 10.5 Å². The largest absolute Gasteiger partial charge is 0.372 e. The van der Waals surface area contributed by atoms with Crippen LogP contribution in [0.5, 0.6) is 0 Å². The summed E-state index contributed by atoms with van der Waals surface area (Å²) < 4.78 is 7.57. The SMILES string of the molecule is NC1CCOC1c1cnn(Cc2ccccc2)c1. The summed E-state index contributed by atoms with van der Waals surface area (Å²) in [4.78, 5) is 0. The van der Waals surface area contributed by atoms with E-state index in [0.717, 1.165) is 25.1 Å². The lowest BCUT2D eigenvalue weighted by Crippen LogP contribution is -2.23. The van der Waals surface area contributed by atoms with Gasteiger partial charge >= 0.3 is 0 Å². The van der Waals surface area contributed by atoms with Crippen LogP contribution in [0.2, 0.25) is 0 Å². The fraction of sp³-hybridized carbons (Fsp3) is 0.357. The molecule has 94 valence electrons. The predicted octanol–water partition coefficient (Wildman–Crippen LogP) is 1.72. The summed E-state index contributed by atoms with van der Waals surface area (Å²) in [5, 5.41) is 4.37. The molecule has 2 heterocycles. The quantitative estimate of drug-likeness (QED) is 0.893. The van der Waals surface area contributed by atoms with Crippen LogP contribution in [-0.4, -0.2) is 22.4 Å².